The van der Waals surface area contributed by atoms with Gasteiger partial charge in [0.1, 0.15) is 0 Å². The van der Waals surface area contributed by atoms with Gasteiger partial charge in [0.2, 0.25) is 12.1 Å². The summed E-state index contributed by atoms with van der Waals surface area (Å²) < 4.78 is 0. The van der Waals surface area contributed by atoms with Crippen molar-refractivity contribution in [2.24, 2.45) is 0 Å². The normalized spacial score (nSPS) is 27.0. The first-order valence-corrected chi connectivity index (χ1v) is 3.25. The highest BCUT2D eigenvalue weighted by atomic mass is 16.6. The summed E-state index contributed by atoms with van der Waals surface area (Å²) in [7, 11) is 0. The van der Waals surface area contributed by atoms with Gasteiger partial charge in [-0.3, -0.25) is 20.2 Å². The van der Waals surface area contributed by atoms with E-state index in [9.17, 15) is 20.2 Å². The Morgan fingerprint density at radius 2 is 1.08 bits per heavy atom. The summed E-state index contributed by atoms with van der Waals surface area (Å²) in [5.41, 5.74) is 0. The maximum atomic E-state index is 10.2. The van der Waals surface area contributed by atoms with Gasteiger partial charge < -0.3 is 0 Å². The summed E-state index contributed by atoms with van der Waals surface area (Å²) in [4.78, 5) is 19.3. The lowest BCUT2D eigenvalue weighted by Gasteiger charge is -2.05. The molecule has 0 spiro atoms. The van der Waals surface area contributed by atoms with Gasteiger partial charge >= 0.3 is 0 Å². The van der Waals surface area contributed by atoms with E-state index in [0.29, 0.717) is 0 Å². The van der Waals surface area contributed by atoms with Crippen LogP contribution in [0.1, 0.15) is 0 Å². The van der Waals surface area contributed by atoms with Crippen LogP contribution in [-0.4, -0.2) is 21.9 Å². The van der Waals surface area contributed by atoms with Gasteiger partial charge in [-0.2, -0.15) is 0 Å². The number of hydrogen-bond donors (Lipinski definition) is 0. The summed E-state index contributed by atoms with van der Waals surface area (Å²) in [5.74, 6) is 0. The molecule has 0 N–H and O–H groups in total. The van der Waals surface area contributed by atoms with Crippen molar-refractivity contribution < 1.29 is 9.85 Å². The molecule has 0 saturated carbocycles. The van der Waals surface area contributed by atoms with Gasteiger partial charge in [-0.05, 0) is 24.3 Å². The summed E-state index contributed by atoms with van der Waals surface area (Å²) in [6.45, 7) is 0. The lowest BCUT2D eigenvalue weighted by Crippen LogP contribution is -2.22. The Labute approximate surface area is 67.5 Å². The molecule has 0 fully saturated rings. The largest absolute Gasteiger partial charge is 0.264 e. The third kappa shape index (κ3) is 1.66. The fraction of sp³-hybridized carbons (Fsp3) is 0.333. The molecular formula is C6H6N2O4. The predicted molar refractivity (Wildman–Crippen MR) is 39.8 cm³/mol. The van der Waals surface area contributed by atoms with Crippen molar-refractivity contribution >= 4 is 0 Å². The van der Waals surface area contributed by atoms with E-state index < -0.39 is 21.9 Å². The van der Waals surface area contributed by atoms with Crippen LogP contribution in [0.3, 0.4) is 0 Å². The van der Waals surface area contributed by atoms with Crippen molar-refractivity contribution in [3.63, 3.8) is 0 Å². The first-order chi connectivity index (χ1) is 5.61. The van der Waals surface area contributed by atoms with Crippen LogP contribution in [-0.2, 0) is 0 Å². The second-order valence-electron chi connectivity index (χ2n) is 2.32. The van der Waals surface area contributed by atoms with Crippen LogP contribution in [0, 0.1) is 20.2 Å². The molecule has 0 heterocycles. The van der Waals surface area contributed by atoms with Gasteiger partial charge in [0.15, 0.2) is 0 Å². The van der Waals surface area contributed by atoms with Gasteiger partial charge in [-0.1, -0.05) is 0 Å². The van der Waals surface area contributed by atoms with Crippen molar-refractivity contribution in [3.8, 4) is 0 Å². The van der Waals surface area contributed by atoms with E-state index in [0.717, 1.165) is 0 Å². The highest BCUT2D eigenvalue weighted by Gasteiger charge is 2.22. The second-order valence-corrected chi connectivity index (χ2v) is 2.32. The molecule has 0 unspecified atom stereocenters. The second kappa shape index (κ2) is 3.12. The zero-order valence-corrected chi connectivity index (χ0v) is 5.99. The standard InChI is InChI=1S/C6H6N2O4/c9-7(10)5-1-2-6(4-3-5)8(11)12/h1-6H. The molecule has 0 bridgehead atoms. The lowest BCUT2D eigenvalue weighted by atomic mass is 10.1. The molecule has 1 aliphatic carbocycles. The van der Waals surface area contributed by atoms with Crippen molar-refractivity contribution in [2.45, 2.75) is 12.1 Å². The molecule has 0 aliphatic heterocycles. The summed E-state index contributed by atoms with van der Waals surface area (Å²) in [6, 6.07) is -1.83. The van der Waals surface area contributed by atoms with Crippen molar-refractivity contribution in [2.75, 3.05) is 0 Å². The maximum Gasteiger partial charge on any atom is 0.250 e. The summed E-state index contributed by atoms with van der Waals surface area (Å²) in [6.07, 6.45) is 4.86. The van der Waals surface area contributed by atoms with Crippen molar-refractivity contribution in [3.05, 3.63) is 44.5 Å². The molecule has 0 atom stereocenters. The zero-order valence-electron chi connectivity index (χ0n) is 5.99. The molecule has 1 rings (SSSR count). The number of nitrogens with zero attached hydrogens (tertiary/aromatic N) is 2. The minimum atomic E-state index is -0.916. The highest BCUT2D eigenvalue weighted by Crippen LogP contribution is 2.07. The summed E-state index contributed by atoms with van der Waals surface area (Å²) in [5, 5.41) is 20.3. The van der Waals surface area contributed by atoms with E-state index in [-0.39, 0.29) is 0 Å². The SMILES string of the molecule is O=[N+]([O-])C1C=CC([N+](=O)[O-])C=C1. The Morgan fingerprint density at radius 1 is 0.833 bits per heavy atom. The fourth-order valence-corrected chi connectivity index (χ4v) is 0.865. The topological polar surface area (TPSA) is 86.3 Å². The van der Waals surface area contributed by atoms with Crippen LogP contribution in [0.25, 0.3) is 0 Å². The average Bonchev–Trinajstić information content (AvgIpc) is 2.04. The summed E-state index contributed by atoms with van der Waals surface area (Å²) >= 11 is 0. The van der Waals surface area contributed by atoms with Gasteiger partial charge in [0, 0.05) is 9.85 Å². The molecule has 6 nitrogen and oxygen atoms in total. The monoisotopic (exact) mass is 170 g/mol. The van der Waals surface area contributed by atoms with Crippen LogP contribution in [0.15, 0.2) is 24.3 Å². The first kappa shape index (κ1) is 8.38. The Hall–Kier alpha value is -1.72. The van der Waals surface area contributed by atoms with Crippen molar-refractivity contribution in [1.82, 2.24) is 0 Å². The highest BCUT2D eigenvalue weighted by molar-refractivity contribution is 5.15. The molecule has 6 heteroatoms. The van der Waals surface area contributed by atoms with E-state index >= 15 is 0 Å². The predicted octanol–water partition coefficient (Wildman–Crippen LogP) is 0.403. The van der Waals surface area contributed by atoms with Crippen LogP contribution in [0.4, 0.5) is 0 Å². The minimum Gasteiger partial charge on any atom is -0.264 e. The molecule has 1 aliphatic rings. The molecule has 0 aromatic rings. The van der Waals surface area contributed by atoms with Crippen molar-refractivity contribution in [1.29, 1.82) is 0 Å². The van der Waals surface area contributed by atoms with Gasteiger partial charge in [-0.15, -0.1) is 0 Å². The Bertz CT molecular complexity index is 231. The molecule has 0 radical (unpaired) electrons. The minimum absolute atomic E-state index is 0.511. The third-order valence-electron chi connectivity index (χ3n) is 1.50. The molecule has 64 valence electrons. The number of rotatable bonds is 2. The molecule has 0 saturated heterocycles. The van der Waals surface area contributed by atoms with E-state index in [4.69, 9.17) is 0 Å². The van der Waals surface area contributed by atoms with Crippen LogP contribution < -0.4 is 0 Å². The van der Waals surface area contributed by atoms with E-state index in [1.54, 1.807) is 0 Å². The fourth-order valence-electron chi connectivity index (χ4n) is 0.865. The number of hydrogen-bond acceptors (Lipinski definition) is 4. The van der Waals surface area contributed by atoms with Crippen LogP contribution in [0.5, 0.6) is 0 Å². The smallest absolute Gasteiger partial charge is 0.250 e. The van der Waals surface area contributed by atoms with E-state index in [1.165, 1.54) is 24.3 Å². The van der Waals surface area contributed by atoms with E-state index in [2.05, 4.69) is 0 Å². The lowest BCUT2D eigenvalue weighted by molar-refractivity contribution is -0.506. The molecule has 0 aromatic heterocycles. The van der Waals surface area contributed by atoms with Crippen LogP contribution >= 0.6 is 0 Å². The molecule has 12 heavy (non-hydrogen) atoms. The van der Waals surface area contributed by atoms with Gasteiger partial charge in [-0.25, -0.2) is 0 Å². The van der Waals surface area contributed by atoms with Gasteiger partial charge in [0.25, 0.3) is 0 Å². The Kier molecular flexibility index (Phi) is 2.18. The Morgan fingerprint density at radius 3 is 1.25 bits per heavy atom. The zero-order chi connectivity index (χ0) is 9.14. The maximum absolute atomic E-state index is 10.2. The number of nitro groups is 2. The van der Waals surface area contributed by atoms with Crippen LogP contribution in [0.2, 0.25) is 0 Å². The third-order valence-corrected chi connectivity index (χ3v) is 1.50. The van der Waals surface area contributed by atoms with E-state index in [1.807, 2.05) is 0 Å². The average molecular weight is 170 g/mol. The Balaban J connectivity index is 2.66. The van der Waals surface area contributed by atoms with Gasteiger partial charge in [0.05, 0.1) is 0 Å². The first-order valence-electron chi connectivity index (χ1n) is 3.25. The molecular weight excluding hydrogens is 164 g/mol. The molecule has 0 aromatic carbocycles. The molecule has 0 amide bonds. The quantitative estimate of drug-likeness (QED) is 0.341.